The summed E-state index contributed by atoms with van der Waals surface area (Å²) in [5.74, 6) is 0.450. The van der Waals surface area contributed by atoms with Crippen LogP contribution in [-0.2, 0) is 0 Å². The summed E-state index contributed by atoms with van der Waals surface area (Å²) in [5, 5.41) is 9.25. The minimum atomic E-state index is -1.05. The quantitative estimate of drug-likeness (QED) is 0.652. The summed E-state index contributed by atoms with van der Waals surface area (Å²) >= 11 is 5.87. The topological polar surface area (TPSA) is 71.5 Å². The molecule has 1 aromatic rings. The number of hydrogen-bond donors (Lipinski definition) is 2. The van der Waals surface area contributed by atoms with E-state index < -0.39 is 6.09 Å². The number of hydrogen-bond acceptors (Lipinski definition) is 3. The molecule has 1 aliphatic rings. The third-order valence-corrected chi connectivity index (χ3v) is 3.43. The molecule has 1 saturated heterocycles. The number of aromatic nitrogens is 1. The third kappa shape index (κ3) is 2.34. The molecule has 0 bridgehead atoms. The largest absolute Gasteiger partial charge is 0.493 e. The number of pyridine rings is 1. The molecule has 0 spiro atoms. The Morgan fingerprint density at radius 3 is 2.78 bits per heavy atom. The summed E-state index contributed by atoms with van der Waals surface area (Å²) in [6.07, 6.45) is 2.47. The highest BCUT2D eigenvalue weighted by atomic mass is 35.5. The number of nitrogens with zero attached hydrogens (tertiary/aromatic N) is 2. The molecule has 2 rings (SSSR count). The Bertz CT molecular complexity index is 461. The zero-order valence-corrected chi connectivity index (χ0v) is 10.8. The van der Waals surface area contributed by atoms with Crippen molar-refractivity contribution in [3.63, 3.8) is 0 Å². The van der Waals surface area contributed by atoms with Crippen molar-refractivity contribution >= 4 is 23.4 Å². The zero-order valence-electron chi connectivity index (χ0n) is 10.0. The second-order valence-corrected chi connectivity index (χ2v) is 4.58. The van der Waals surface area contributed by atoms with Crippen LogP contribution in [0, 0.1) is 0 Å². The fourth-order valence-electron chi connectivity index (χ4n) is 2.29. The average Bonchev–Trinajstić information content (AvgIpc) is 2.78. The van der Waals surface area contributed by atoms with Crippen molar-refractivity contribution in [1.82, 2.24) is 15.0 Å². The van der Waals surface area contributed by atoms with Crippen LogP contribution in [0.25, 0.3) is 0 Å². The summed E-state index contributed by atoms with van der Waals surface area (Å²) < 4.78 is 5.29. The number of quaternary nitrogens is 1. The van der Waals surface area contributed by atoms with E-state index in [1.54, 1.807) is 12.3 Å². The van der Waals surface area contributed by atoms with Gasteiger partial charge in [-0.2, -0.15) is 10.0 Å². The Morgan fingerprint density at radius 2 is 2.22 bits per heavy atom. The molecule has 0 unspecified atom stereocenters. The first kappa shape index (κ1) is 12.9. The molecule has 0 aliphatic carbocycles. The molecule has 1 amide bonds. The second kappa shape index (κ2) is 4.99. The van der Waals surface area contributed by atoms with Gasteiger partial charge in [0, 0.05) is 18.9 Å². The molecule has 7 heteroatoms. The average molecular weight is 273 g/mol. The van der Waals surface area contributed by atoms with E-state index in [4.69, 9.17) is 21.4 Å². The molecule has 18 heavy (non-hydrogen) atoms. The van der Waals surface area contributed by atoms with E-state index in [2.05, 4.69) is 10.4 Å². The van der Waals surface area contributed by atoms with Gasteiger partial charge in [0.1, 0.15) is 13.1 Å². The molecule has 98 valence electrons. The summed E-state index contributed by atoms with van der Waals surface area (Å²) in [7, 11) is 1.51. The van der Waals surface area contributed by atoms with E-state index >= 15 is 0 Å². The normalized spacial score (nSPS) is 17.4. The van der Waals surface area contributed by atoms with Gasteiger partial charge in [-0.3, -0.25) is 0 Å². The minimum Gasteiger partial charge on any atom is -0.493 e. The molecule has 2 heterocycles. The Balaban J connectivity index is 2.39. The number of amides is 1. The van der Waals surface area contributed by atoms with E-state index in [1.165, 1.54) is 7.11 Å². The van der Waals surface area contributed by atoms with Crippen LogP contribution in [0.15, 0.2) is 12.3 Å². The number of carbonyl (C=O) groups is 1. The van der Waals surface area contributed by atoms with Gasteiger partial charge in [-0.25, -0.2) is 9.78 Å². The Labute approximate surface area is 110 Å². The van der Waals surface area contributed by atoms with Crippen LogP contribution in [0.3, 0.4) is 0 Å². The summed E-state index contributed by atoms with van der Waals surface area (Å²) in [4.78, 5) is 15.0. The van der Waals surface area contributed by atoms with Crippen molar-refractivity contribution in [2.75, 3.05) is 20.2 Å². The lowest BCUT2D eigenvalue weighted by molar-refractivity contribution is 0.154. The van der Waals surface area contributed by atoms with Crippen molar-refractivity contribution in [2.24, 2.45) is 0 Å². The number of methoxy groups -OCH3 is 1. The number of rotatable bonds is 3. The highest BCUT2D eigenvalue weighted by molar-refractivity contribution is 6.30. The van der Waals surface area contributed by atoms with Crippen LogP contribution < -0.4 is 14.8 Å². The van der Waals surface area contributed by atoms with Crippen LogP contribution in [0.1, 0.15) is 12.8 Å². The molecule has 6 nitrogen and oxygen atoms in total. The van der Waals surface area contributed by atoms with Gasteiger partial charge in [0.2, 0.25) is 0 Å². The fourth-order valence-corrected chi connectivity index (χ4v) is 2.47. The molecule has 0 atom stereocenters. The standard InChI is InChI=1S/C11H14ClN3O3/c1-18-9-6-8(7-13-10(9)12)15(14-11(16)17)4-2-3-5-15/h6-7,14H,2-5H2,1H3/p+1. The van der Waals surface area contributed by atoms with E-state index in [0.717, 1.165) is 18.5 Å². The summed E-state index contributed by atoms with van der Waals surface area (Å²) in [6, 6.07) is 1.73. The molecule has 1 fully saturated rings. The van der Waals surface area contributed by atoms with Gasteiger partial charge in [-0.15, -0.1) is 0 Å². The van der Waals surface area contributed by atoms with Gasteiger partial charge in [0.05, 0.1) is 13.3 Å². The monoisotopic (exact) mass is 272 g/mol. The van der Waals surface area contributed by atoms with Gasteiger partial charge in [0.15, 0.2) is 16.6 Å². The van der Waals surface area contributed by atoms with Gasteiger partial charge >= 0.3 is 6.09 Å². The van der Waals surface area contributed by atoms with E-state index in [-0.39, 0.29) is 9.75 Å². The van der Waals surface area contributed by atoms with Crippen molar-refractivity contribution in [3.8, 4) is 5.75 Å². The molecule has 0 aromatic carbocycles. The van der Waals surface area contributed by atoms with Gasteiger partial charge in [-0.05, 0) is 0 Å². The molecular weight excluding hydrogens is 258 g/mol. The number of ether oxygens (including phenoxy) is 1. The first-order valence-electron chi connectivity index (χ1n) is 5.66. The molecule has 0 saturated carbocycles. The predicted octanol–water partition coefficient (Wildman–Crippen LogP) is 2.03. The SMILES string of the molecule is COc1cc([N+]2(NC(=O)O)CCCC2)cnc1Cl. The van der Waals surface area contributed by atoms with Crippen LogP contribution in [-0.4, -0.2) is 36.4 Å². The smallest absolute Gasteiger partial charge is 0.449 e. The lowest BCUT2D eigenvalue weighted by Gasteiger charge is -2.31. The van der Waals surface area contributed by atoms with Gasteiger partial charge in [-0.1, -0.05) is 11.6 Å². The predicted molar refractivity (Wildman–Crippen MR) is 67.7 cm³/mol. The molecule has 1 aromatic heterocycles. The highest BCUT2D eigenvalue weighted by Gasteiger charge is 2.38. The van der Waals surface area contributed by atoms with Crippen LogP contribution in [0.4, 0.5) is 10.5 Å². The second-order valence-electron chi connectivity index (χ2n) is 4.23. The molecular formula is C11H15ClN3O3+. The number of carboxylic acid groups (broad SMARTS) is 1. The summed E-state index contributed by atoms with van der Waals surface area (Å²) in [5.41, 5.74) is 3.30. The van der Waals surface area contributed by atoms with Crippen molar-refractivity contribution < 1.29 is 14.6 Å². The fraction of sp³-hybridized carbons (Fsp3) is 0.455. The Morgan fingerprint density at radius 1 is 1.56 bits per heavy atom. The van der Waals surface area contributed by atoms with Crippen molar-refractivity contribution in [2.45, 2.75) is 12.8 Å². The number of nitrogens with one attached hydrogen (secondary N) is 1. The number of halogens is 1. The van der Waals surface area contributed by atoms with E-state index in [9.17, 15) is 4.79 Å². The molecule has 1 aliphatic heterocycles. The maximum Gasteiger partial charge on any atom is 0.449 e. The lowest BCUT2D eigenvalue weighted by atomic mass is 10.3. The maximum absolute atomic E-state index is 11.0. The van der Waals surface area contributed by atoms with Crippen LogP contribution >= 0.6 is 11.6 Å². The maximum atomic E-state index is 11.0. The van der Waals surface area contributed by atoms with E-state index in [1.807, 2.05) is 0 Å². The highest BCUT2D eigenvalue weighted by Crippen LogP contribution is 2.32. The zero-order chi connectivity index (χ0) is 13.2. The van der Waals surface area contributed by atoms with Crippen molar-refractivity contribution in [3.05, 3.63) is 17.4 Å². The first-order chi connectivity index (χ1) is 8.57. The Kier molecular flexibility index (Phi) is 3.58. The third-order valence-electron chi connectivity index (χ3n) is 3.15. The van der Waals surface area contributed by atoms with E-state index in [0.29, 0.717) is 18.8 Å². The summed E-state index contributed by atoms with van der Waals surface area (Å²) in [6.45, 7) is 1.41. The van der Waals surface area contributed by atoms with Gasteiger partial charge < -0.3 is 9.84 Å². The minimum absolute atomic E-state index is 0.176. The van der Waals surface area contributed by atoms with Crippen LogP contribution in [0.2, 0.25) is 5.15 Å². The van der Waals surface area contributed by atoms with Gasteiger partial charge in [0.25, 0.3) is 0 Å². The first-order valence-corrected chi connectivity index (χ1v) is 6.03. The van der Waals surface area contributed by atoms with Crippen LogP contribution in [0.5, 0.6) is 5.75 Å². The Hall–Kier alpha value is -1.53. The van der Waals surface area contributed by atoms with Crippen molar-refractivity contribution in [1.29, 1.82) is 0 Å². The lowest BCUT2D eigenvalue weighted by Crippen LogP contribution is -2.59. The molecule has 0 radical (unpaired) electrons. The molecule has 2 N–H and O–H groups in total.